The first-order valence-corrected chi connectivity index (χ1v) is 8.35. The lowest BCUT2D eigenvalue weighted by Gasteiger charge is -2.26. The Bertz CT molecular complexity index is 568. The summed E-state index contributed by atoms with van der Waals surface area (Å²) in [4.78, 5) is 26.5. The van der Waals surface area contributed by atoms with Crippen molar-refractivity contribution in [3.63, 3.8) is 0 Å². The highest BCUT2D eigenvalue weighted by Crippen LogP contribution is 2.21. The monoisotopic (exact) mass is 334 g/mol. The maximum absolute atomic E-state index is 12.3. The SMILES string of the molecule is COc1ccc(C)cc1C(=O)CCC(=O)NCCN1CCOCC1. The van der Waals surface area contributed by atoms with Crippen LogP contribution in [0.5, 0.6) is 5.75 Å². The fraction of sp³-hybridized carbons (Fsp3) is 0.556. The van der Waals surface area contributed by atoms with Crippen LogP contribution in [0.2, 0.25) is 0 Å². The number of nitrogens with zero attached hydrogens (tertiary/aromatic N) is 1. The fourth-order valence-electron chi connectivity index (χ4n) is 2.67. The van der Waals surface area contributed by atoms with Crippen LogP contribution in [0.15, 0.2) is 18.2 Å². The molecular weight excluding hydrogens is 308 g/mol. The third-order valence-electron chi connectivity index (χ3n) is 4.09. The van der Waals surface area contributed by atoms with E-state index in [1.54, 1.807) is 19.2 Å². The molecule has 0 saturated carbocycles. The molecule has 2 rings (SSSR count). The Labute approximate surface area is 143 Å². The van der Waals surface area contributed by atoms with E-state index < -0.39 is 0 Å². The minimum Gasteiger partial charge on any atom is -0.496 e. The summed E-state index contributed by atoms with van der Waals surface area (Å²) in [6, 6.07) is 5.48. The van der Waals surface area contributed by atoms with Gasteiger partial charge in [-0.3, -0.25) is 14.5 Å². The molecular formula is C18H26N2O4. The van der Waals surface area contributed by atoms with E-state index in [9.17, 15) is 9.59 Å². The Morgan fingerprint density at radius 1 is 1.25 bits per heavy atom. The number of benzene rings is 1. The van der Waals surface area contributed by atoms with Gasteiger partial charge in [0.2, 0.25) is 5.91 Å². The number of nitrogens with one attached hydrogen (secondary N) is 1. The van der Waals surface area contributed by atoms with Crippen molar-refractivity contribution in [2.45, 2.75) is 19.8 Å². The number of amides is 1. The van der Waals surface area contributed by atoms with Gasteiger partial charge in [-0.2, -0.15) is 0 Å². The van der Waals surface area contributed by atoms with Crippen molar-refractivity contribution in [3.05, 3.63) is 29.3 Å². The summed E-state index contributed by atoms with van der Waals surface area (Å²) in [5, 5.41) is 2.87. The Hall–Kier alpha value is -1.92. The highest BCUT2D eigenvalue weighted by Gasteiger charge is 2.15. The summed E-state index contributed by atoms with van der Waals surface area (Å²) >= 11 is 0. The van der Waals surface area contributed by atoms with Crippen LogP contribution in [0.1, 0.15) is 28.8 Å². The van der Waals surface area contributed by atoms with Crippen molar-refractivity contribution in [2.75, 3.05) is 46.5 Å². The van der Waals surface area contributed by atoms with Crippen molar-refractivity contribution in [1.29, 1.82) is 0 Å². The number of carbonyl (C=O) groups excluding carboxylic acids is 2. The van der Waals surface area contributed by atoms with Crippen LogP contribution in [0, 0.1) is 6.92 Å². The molecule has 0 bridgehead atoms. The summed E-state index contributed by atoms with van der Waals surface area (Å²) in [5.41, 5.74) is 1.53. The van der Waals surface area contributed by atoms with Gasteiger partial charge in [-0.1, -0.05) is 11.6 Å². The van der Waals surface area contributed by atoms with Crippen molar-refractivity contribution in [1.82, 2.24) is 10.2 Å². The lowest BCUT2D eigenvalue weighted by Crippen LogP contribution is -2.41. The number of carbonyl (C=O) groups is 2. The van der Waals surface area contributed by atoms with E-state index in [-0.39, 0.29) is 24.5 Å². The molecule has 1 aliphatic rings. The van der Waals surface area contributed by atoms with E-state index in [4.69, 9.17) is 9.47 Å². The van der Waals surface area contributed by atoms with Crippen molar-refractivity contribution in [3.8, 4) is 5.75 Å². The molecule has 6 nitrogen and oxygen atoms in total. The second kappa shape index (κ2) is 9.39. The third kappa shape index (κ3) is 5.62. The van der Waals surface area contributed by atoms with Crippen LogP contribution < -0.4 is 10.1 Å². The van der Waals surface area contributed by atoms with Crippen molar-refractivity contribution < 1.29 is 19.1 Å². The zero-order valence-electron chi connectivity index (χ0n) is 14.5. The summed E-state index contributed by atoms with van der Waals surface area (Å²) in [5.74, 6) is 0.389. The molecule has 1 fully saturated rings. The molecule has 132 valence electrons. The molecule has 1 saturated heterocycles. The molecule has 0 spiro atoms. The second-order valence-corrected chi connectivity index (χ2v) is 5.93. The van der Waals surface area contributed by atoms with Gasteiger partial charge in [0.05, 0.1) is 25.9 Å². The van der Waals surface area contributed by atoms with Gasteiger partial charge in [-0.15, -0.1) is 0 Å². The smallest absolute Gasteiger partial charge is 0.220 e. The topological polar surface area (TPSA) is 67.9 Å². The lowest BCUT2D eigenvalue weighted by molar-refractivity contribution is -0.121. The average Bonchev–Trinajstić information content (AvgIpc) is 2.60. The Morgan fingerprint density at radius 3 is 2.71 bits per heavy atom. The van der Waals surface area contributed by atoms with Crippen molar-refractivity contribution >= 4 is 11.7 Å². The molecule has 0 aliphatic carbocycles. The molecule has 1 N–H and O–H groups in total. The number of Topliss-reactive ketones (excluding diaryl/α,β-unsaturated/α-hetero) is 1. The van der Waals surface area contributed by atoms with E-state index in [0.29, 0.717) is 17.9 Å². The highest BCUT2D eigenvalue weighted by molar-refractivity contribution is 6.00. The average molecular weight is 334 g/mol. The van der Waals surface area contributed by atoms with Crippen LogP contribution in [-0.4, -0.2) is 63.1 Å². The van der Waals surface area contributed by atoms with Gasteiger partial charge in [0.1, 0.15) is 5.75 Å². The first-order chi connectivity index (χ1) is 11.6. The summed E-state index contributed by atoms with van der Waals surface area (Å²) < 4.78 is 10.5. The van der Waals surface area contributed by atoms with Gasteiger partial charge < -0.3 is 14.8 Å². The zero-order valence-corrected chi connectivity index (χ0v) is 14.5. The maximum atomic E-state index is 12.3. The van der Waals surface area contributed by atoms with E-state index in [2.05, 4.69) is 10.2 Å². The van der Waals surface area contributed by atoms with Crippen molar-refractivity contribution in [2.24, 2.45) is 0 Å². The number of methoxy groups -OCH3 is 1. The minimum absolute atomic E-state index is 0.0705. The van der Waals surface area contributed by atoms with Crippen LogP contribution in [0.25, 0.3) is 0 Å². The zero-order chi connectivity index (χ0) is 17.4. The van der Waals surface area contributed by atoms with Gasteiger partial charge in [0.15, 0.2) is 5.78 Å². The molecule has 1 heterocycles. The third-order valence-corrected chi connectivity index (χ3v) is 4.09. The fourth-order valence-corrected chi connectivity index (χ4v) is 2.67. The number of rotatable bonds is 8. The van der Waals surface area contributed by atoms with Gasteiger partial charge in [0.25, 0.3) is 0 Å². The first-order valence-electron chi connectivity index (χ1n) is 8.35. The predicted molar refractivity (Wildman–Crippen MR) is 91.6 cm³/mol. The number of ether oxygens (including phenoxy) is 2. The van der Waals surface area contributed by atoms with Crippen LogP contribution in [-0.2, 0) is 9.53 Å². The molecule has 0 aromatic heterocycles. The first kappa shape index (κ1) is 18.4. The largest absolute Gasteiger partial charge is 0.496 e. The van der Waals surface area contributed by atoms with Crippen LogP contribution in [0.3, 0.4) is 0 Å². The van der Waals surface area contributed by atoms with Crippen LogP contribution >= 0.6 is 0 Å². The normalized spacial score (nSPS) is 15.1. The molecule has 24 heavy (non-hydrogen) atoms. The van der Waals surface area contributed by atoms with Crippen LogP contribution in [0.4, 0.5) is 0 Å². The molecule has 1 amide bonds. The number of morpholine rings is 1. The summed E-state index contributed by atoms with van der Waals surface area (Å²) in [6.45, 7) is 6.65. The maximum Gasteiger partial charge on any atom is 0.220 e. The predicted octanol–water partition coefficient (Wildman–Crippen LogP) is 1.41. The summed E-state index contributed by atoms with van der Waals surface area (Å²) in [7, 11) is 1.54. The second-order valence-electron chi connectivity index (χ2n) is 5.93. The highest BCUT2D eigenvalue weighted by atomic mass is 16.5. The number of ketones is 1. The Balaban J connectivity index is 1.73. The van der Waals surface area contributed by atoms with E-state index in [1.807, 2.05) is 13.0 Å². The molecule has 0 radical (unpaired) electrons. The van der Waals surface area contributed by atoms with E-state index >= 15 is 0 Å². The van der Waals surface area contributed by atoms with Gasteiger partial charge >= 0.3 is 0 Å². The molecule has 0 atom stereocenters. The molecule has 1 aromatic rings. The molecule has 0 unspecified atom stereocenters. The number of hydrogen-bond donors (Lipinski definition) is 1. The standard InChI is InChI=1S/C18H26N2O4/c1-14-3-5-17(23-2)15(13-14)16(21)4-6-18(22)19-7-8-20-9-11-24-12-10-20/h3,5,13H,4,6-12H2,1-2H3,(H,19,22). The number of aryl methyl sites for hydroxylation is 1. The number of hydrogen-bond acceptors (Lipinski definition) is 5. The minimum atomic E-state index is -0.0942. The van der Waals surface area contributed by atoms with Gasteiger partial charge in [0, 0.05) is 39.0 Å². The molecule has 1 aromatic carbocycles. The van der Waals surface area contributed by atoms with Gasteiger partial charge in [-0.25, -0.2) is 0 Å². The lowest BCUT2D eigenvalue weighted by atomic mass is 10.0. The van der Waals surface area contributed by atoms with E-state index in [1.165, 1.54) is 0 Å². The van der Waals surface area contributed by atoms with Gasteiger partial charge in [-0.05, 0) is 19.1 Å². The Morgan fingerprint density at radius 2 is 2.00 bits per heavy atom. The van der Waals surface area contributed by atoms with E-state index in [0.717, 1.165) is 38.4 Å². The Kier molecular flexibility index (Phi) is 7.21. The quantitative estimate of drug-likeness (QED) is 0.728. The molecule has 6 heteroatoms. The summed E-state index contributed by atoms with van der Waals surface area (Å²) in [6.07, 6.45) is 0.377. The molecule has 1 aliphatic heterocycles.